The highest BCUT2D eigenvalue weighted by atomic mass is 32.1. The zero-order chi connectivity index (χ0) is 22.2. The molecule has 0 unspecified atom stereocenters. The lowest BCUT2D eigenvalue weighted by Gasteiger charge is -2.07. The van der Waals surface area contributed by atoms with Gasteiger partial charge in [0.1, 0.15) is 11.6 Å². The Kier molecular flexibility index (Phi) is 7.60. The van der Waals surface area contributed by atoms with E-state index in [1.54, 1.807) is 23.6 Å². The molecule has 2 N–H and O–H groups in total. The number of rotatable bonds is 9. The molecule has 0 saturated carbocycles. The predicted molar refractivity (Wildman–Crippen MR) is 110 cm³/mol. The van der Waals surface area contributed by atoms with Crippen molar-refractivity contribution in [1.82, 2.24) is 10.3 Å². The first kappa shape index (κ1) is 22.3. The topological polar surface area (TPSA) is 80.3 Å². The van der Waals surface area contributed by atoms with Crippen LogP contribution in [0.2, 0.25) is 0 Å². The third kappa shape index (κ3) is 6.82. The summed E-state index contributed by atoms with van der Waals surface area (Å²) in [5.74, 6) is -1.43. The lowest BCUT2D eigenvalue weighted by molar-refractivity contribution is -0.120. The fraction of sp³-hybridized carbons (Fsp3) is 0.190. The van der Waals surface area contributed by atoms with Gasteiger partial charge in [-0.15, -0.1) is 11.3 Å². The van der Waals surface area contributed by atoms with Crippen molar-refractivity contribution in [3.8, 4) is 5.75 Å². The van der Waals surface area contributed by atoms with Gasteiger partial charge in [0.05, 0.1) is 17.7 Å². The molecule has 6 nitrogen and oxygen atoms in total. The Labute approximate surface area is 180 Å². The Morgan fingerprint density at radius 3 is 2.55 bits per heavy atom. The van der Waals surface area contributed by atoms with Gasteiger partial charge in [-0.25, -0.2) is 9.37 Å². The molecule has 0 aliphatic heterocycles. The van der Waals surface area contributed by atoms with Crippen LogP contribution in [0.5, 0.6) is 5.75 Å². The van der Waals surface area contributed by atoms with Crippen LogP contribution < -0.4 is 15.4 Å². The molecule has 0 aliphatic rings. The Morgan fingerprint density at radius 1 is 1.10 bits per heavy atom. The molecule has 3 rings (SSSR count). The van der Waals surface area contributed by atoms with Crippen molar-refractivity contribution in [2.45, 2.75) is 19.5 Å². The van der Waals surface area contributed by atoms with Gasteiger partial charge in [0.2, 0.25) is 5.91 Å². The minimum absolute atomic E-state index is 0.0211. The predicted octanol–water partition coefficient (Wildman–Crippen LogP) is 4.04. The maximum absolute atomic E-state index is 13.7. The summed E-state index contributed by atoms with van der Waals surface area (Å²) in [6.45, 7) is -2.52. The standard InChI is InChI=1S/C21H18F3N3O3S/c22-17-4-2-1-3-16(17)19(29)27-21-26-14(12-31-21)11-18(28)25-10-9-13-5-7-15(8-6-13)30-20(23)24/h1-8,12,20H,9-11H2,(H,25,28)(H,26,27,29). The maximum atomic E-state index is 13.7. The molecular formula is C21H18F3N3O3S. The molecular weight excluding hydrogens is 431 g/mol. The molecule has 0 atom stereocenters. The molecule has 0 radical (unpaired) electrons. The summed E-state index contributed by atoms with van der Waals surface area (Å²) >= 11 is 1.14. The maximum Gasteiger partial charge on any atom is 0.387 e. The van der Waals surface area contributed by atoms with Crippen molar-refractivity contribution >= 4 is 28.3 Å². The second-order valence-electron chi connectivity index (χ2n) is 6.38. The van der Waals surface area contributed by atoms with Crippen molar-refractivity contribution in [3.63, 3.8) is 0 Å². The van der Waals surface area contributed by atoms with Crippen LogP contribution in [0.4, 0.5) is 18.3 Å². The number of benzene rings is 2. The summed E-state index contributed by atoms with van der Waals surface area (Å²) < 4.78 is 42.2. The van der Waals surface area contributed by atoms with Crippen LogP contribution in [0.3, 0.4) is 0 Å². The second-order valence-corrected chi connectivity index (χ2v) is 7.24. The molecule has 2 aromatic carbocycles. The molecule has 0 saturated heterocycles. The number of alkyl halides is 2. The molecule has 0 fully saturated rings. The van der Waals surface area contributed by atoms with Crippen LogP contribution in [0.1, 0.15) is 21.6 Å². The van der Waals surface area contributed by atoms with Gasteiger partial charge >= 0.3 is 6.61 Å². The molecule has 10 heteroatoms. The van der Waals surface area contributed by atoms with Gasteiger partial charge in [-0.3, -0.25) is 14.9 Å². The van der Waals surface area contributed by atoms with Crippen molar-refractivity contribution in [2.24, 2.45) is 0 Å². The minimum Gasteiger partial charge on any atom is -0.435 e. The highest BCUT2D eigenvalue weighted by Crippen LogP contribution is 2.18. The summed E-state index contributed by atoms with van der Waals surface area (Å²) in [7, 11) is 0. The fourth-order valence-corrected chi connectivity index (χ4v) is 3.37. The molecule has 1 aromatic heterocycles. The van der Waals surface area contributed by atoms with E-state index < -0.39 is 18.3 Å². The van der Waals surface area contributed by atoms with Crippen molar-refractivity contribution in [3.05, 3.63) is 76.5 Å². The van der Waals surface area contributed by atoms with E-state index >= 15 is 0 Å². The number of carbonyl (C=O) groups is 2. The first-order valence-corrected chi connectivity index (χ1v) is 10.1. The number of aromatic nitrogens is 1. The molecule has 0 bridgehead atoms. The minimum atomic E-state index is -2.87. The van der Waals surface area contributed by atoms with Gasteiger partial charge in [0, 0.05) is 11.9 Å². The van der Waals surface area contributed by atoms with Gasteiger partial charge in [-0.2, -0.15) is 8.78 Å². The van der Waals surface area contributed by atoms with Crippen LogP contribution in [0.15, 0.2) is 53.9 Å². The Hall–Kier alpha value is -3.40. The molecule has 0 aliphatic carbocycles. The number of hydrogen-bond acceptors (Lipinski definition) is 5. The monoisotopic (exact) mass is 449 g/mol. The molecule has 31 heavy (non-hydrogen) atoms. The number of nitrogens with zero attached hydrogens (tertiary/aromatic N) is 1. The quantitative estimate of drug-likeness (QED) is 0.517. The number of anilines is 1. The summed E-state index contributed by atoms with van der Waals surface area (Å²) in [6, 6.07) is 11.8. The van der Waals surface area contributed by atoms with E-state index in [0.29, 0.717) is 18.7 Å². The molecule has 2 amide bonds. The normalized spacial score (nSPS) is 10.7. The third-order valence-electron chi connectivity index (χ3n) is 4.12. The lowest BCUT2D eigenvalue weighted by atomic mass is 10.1. The number of amides is 2. The fourth-order valence-electron chi connectivity index (χ4n) is 2.67. The van der Waals surface area contributed by atoms with E-state index in [1.165, 1.54) is 30.3 Å². The summed E-state index contributed by atoms with van der Waals surface area (Å²) in [4.78, 5) is 28.4. The van der Waals surface area contributed by atoms with E-state index in [0.717, 1.165) is 16.9 Å². The second kappa shape index (κ2) is 10.6. The van der Waals surface area contributed by atoms with Crippen molar-refractivity contribution in [2.75, 3.05) is 11.9 Å². The van der Waals surface area contributed by atoms with Crippen LogP contribution in [-0.2, 0) is 17.6 Å². The Morgan fingerprint density at radius 2 is 1.84 bits per heavy atom. The SMILES string of the molecule is O=C(Cc1csc(NC(=O)c2ccccc2F)n1)NCCc1ccc(OC(F)F)cc1. The van der Waals surface area contributed by atoms with Crippen molar-refractivity contribution < 1.29 is 27.5 Å². The molecule has 0 spiro atoms. The zero-order valence-corrected chi connectivity index (χ0v) is 16.9. The van der Waals surface area contributed by atoms with Gasteiger partial charge < -0.3 is 10.1 Å². The first-order valence-electron chi connectivity index (χ1n) is 9.21. The van der Waals surface area contributed by atoms with Gasteiger partial charge in [0.25, 0.3) is 5.91 Å². The van der Waals surface area contributed by atoms with Crippen LogP contribution >= 0.6 is 11.3 Å². The molecule has 162 valence electrons. The van der Waals surface area contributed by atoms with E-state index in [4.69, 9.17) is 0 Å². The van der Waals surface area contributed by atoms with Crippen LogP contribution in [-0.4, -0.2) is 30.0 Å². The number of thiazole rings is 1. The molecule has 3 aromatic rings. The number of carbonyl (C=O) groups excluding carboxylic acids is 2. The third-order valence-corrected chi connectivity index (χ3v) is 4.92. The van der Waals surface area contributed by atoms with Crippen molar-refractivity contribution in [1.29, 1.82) is 0 Å². The molecule has 1 heterocycles. The largest absolute Gasteiger partial charge is 0.435 e. The van der Waals surface area contributed by atoms with E-state index in [-0.39, 0.29) is 28.8 Å². The highest BCUT2D eigenvalue weighted by Gasteiger charge is 2.14. The van der Waals surface area contributed by atoms with Crippen LogP contribution in [0, 0.1) is 5.82 Å². The number of nitrogens with one attached hydrogen (secondary N) is 2. The summed E-state index contributed by atoms with van der Waals surface area (Å²) in [5, 5.41) is 7.16. The van der Waals surface area contributed by atoms with Crippen LogP contribution in [0.25, 0.3) is 0 Å². The number of ether oxygens (including phenoxy) is 1. The zero-order valence-electron chi connectivity index (χ0n) is 16.1. The Bertz CT molecular complexity index is 1040. The number of halogens is 3. The van der Waals surface area contributed by atoms with Gasteiger partial charge in [-0.05, 0) is 36.2 Å². The lowest BCUT2D eigenvalue weighted by Crippen LogP contribution is -2.27. The van der Waals surface area contributed by atoms with Gasteiger partial charge in [0.15, 0.2) is 5.13 Å². The Balaban J connectivity index is 1.43. The average Bonchev–Trinajstić information content (AvgIpc) is 3.15. The summed E-state index contributed by atoms with van der Waals surface area (Å²) in [5.41, 5.74) is 1.24. The number of hydrogen-bond donors (Lipinski definition) is 2. The van der Waals surface area contributed by atoms with E-state index in [2.05, 4.69) is 20.4 Å². The average molecular weight is 449 g/mol. The first-order chi connectivity index (χ1) is 14.9. The van der Waals surface area contributed by atoms with E-state index in [1.807, 2.05) is 0 Å². The van der Waals surface area contributed by atoms with E-state index in [9.17, 15) is 22.8 Å². The summed E-state index contributed by atoms with van der Waals surface area (Å²) in [6.07, 6.45) is 0.537. The van der Waals surface area contributed by atoms with Gasteiger partial charge in [-0.1, -0.05) is 24.3 Å². The highest BCUT2D eigenvalue weighted by molar-refractivity contribution is 7.14. The smallest absolute Gasteiger partial charge is 0.387 e.